The second kappa shape index (κ2) is 5.62. The lowest BCUT2D eigenvalue weighted by Crippen LogP contribution is -1.98. The maximum Gasteiger partial charge on any atom is 0.322 e. The van der Waals surface area contributed by atoms with E-state index in [9.17, 15) is 10.1 Å². The monoisotopic (exact) mass is 279 g/mol. The molecule has 1 aromatic heterocycles. The number of aryl methyl sites for hydroxylation is 1. The fourth-order valence-corrected chi connectivity index (χ4v) is 1.65. The minimum atomic E-state index is -0.488. The van der Waals surface area contributed by atoms with Gasteiger partial charge >= 0.3 is 11.7 Å². The largest absolute Gasteiger partial charge is 0.417 e. The zero-order valence-electron chi connectivity index (χ0n) is 10.0. The molecule has 0 saturated carbocycles. The lowest BCUT2D eigenvalue weighted by molar-refractivity contribution is -0.386. The van der Waals surface area contributed by atoms with Crippen LogP contribution in [0.1, 0.15) is 11.1 Å². The Hall–Kier alpha value is -2.21. The molecular formula is C12H10ClN3O3. The third kappa shape index (κ3) is 2.97. The van der Waals surface area contributed by atoms with Gasteiger partial charge in [0.1, 0.15) is 0 Å². The van der Waals surface area contributed by atoms with E-state index in [1.807, 2.05) is 0 Å². The van der Waals surface area contributed by atoms with Crippen LogP contribution in [0.15, 0.2) is 30.6 Å². The van der Waals surface area contributed by atoms with Gasteiger partial charge in [0.05, 0.1) is 10.8 Å². The van der Waals surface area contributed by atoms with Crippen molar-refractivity contribution in [2.75, 3.05) is 0 Å². The van der Waals surface area contributed by atoms with Crippen molar-refractivity contribution in [2.24, 2.45) is 0 Å². The number of para-hydroxylation sites is 1. The molecule has 0 radical (unpaired) electrons. The number of ether oxygens (including phenoxy) is 1. The van der Waals surface area contributed by atoms with Gasteiger partial charge in [0.15, 0.2) is 0 Å². The Kier molecular flexibility index (Phi) is 3.91. The van der Waals surface area contributed by atoms with Crippen LogP contribution in [0.3, 0.4) is 0 Å². The van der Waals surface area contributed by atoms with Crippen molar-refractivity contribution in [3.63, 3.8) is 0 Å². The summed E-state index contributed by atoms with van der Waals surface area (Å²) in [7, 11) is 0. The summed E-state index contributed by atoms with van der Waals surface area (Å²) in [6.45, 7) is 1.64. The number of hydrogen-bond acceptors (Lipinski definition) is 5. The standard InChI is InChI=1S/C12H10ClN3O3/c1-8-3-2-4-10(11(8)16(17)18)19-12-14-6-9(5-13)7-15-12/h2-4,6-7H,5H2,1H3. The SMILES string of the molecule is Cc1cccc(Oc2ncc(CCl)cn2)c1[N+](=O)[O-]. The fraction of sp³-hybridized carbons (Fsp3) is 0.167. The van der Waals surface area contributed by atoms with Crippen LogP contribution in [0, 0.1) is 17.0 Å². The van der Waals surface area contributed by atoms with Crippen molar-refractivity contribution in [3.8, 4) is 11.8 Å². The van der Waals surface area contributed by atoms with Crippen molar-refractivity contribution >= 4 is 17.3 Å². The molecule has 1 aromatic carbocycles. The number of halogens is 1. The maximum absolute atomic E-state index is 11.0. The minimum Gasteiger partial charge on any atom is -0.417 e. The Balaban J connectivity index is 2.32. The van der Waals surface area contributed by atoms with Gasteiger partial charge in [-0.15, -0.1) is 11.6 Å². The predicted octanol–water partition coefficient (Wildman–Crippen LogP) is 3.22. The second-order valence-electron chi connectivity index (χ2n) is 3.79. The Morgan fingerprint density at radius 3 is 2.63 bits per heavy atom. The predicted molar refractivity (Wildman–Crippen MR) is 69.5 cm³/mol. The summed E-state index contributed by atoms with van der Waals surface area (Å²) in [5.41, 5.74) is 1.17. The number of hydrogen-bond donors (Lipinski definition) is 0. The smallest absolute Gasteiger partial charge is 0.322 e. The summed E-state index contributed by atoms with van der Waals surface area (Å²) in [6, 6.07) is 4.86. The van der Waals surface area contributed by atoms with E-state index in [-0.39, 0.29) is 17.4 Å². The van der Waals surface area contributed by atoms with Gasteiger partial charge in [-0.25, -0.2) is 9.97 Å². The molecule has 2 aromatic rings. The van der Waals surface area contributed by atoms with E-state index < -0.39 is 4.92 Å². The first kappa shape index (κ1) is 13.2. The minimum absolute atomic E-state index is 0.0440. The summed E-state index contributed by atoms with van der Waals surface area (Å²) in [4.78, 5) is 18.4. The molecule has 0 aliphatic heterocycles. The molecule has 2 rings (SSSR count). The Morgan fingerprint density at radius 2 is 2.05 bits per heavy atom. The van der Waals surface area contributed by atoms with Crippen LogP contribution >= 0.6 is 11.6 Å². The zero-order valence-corrected chi connectivity index (χ0v) is 10.8. The molecule has 0 saturated heterocycles. The molecule has 1 heterocycles. The molecule has 0 amide bonds. The van der Waals surface area contributed by atoms with Crippen molar-refractivity contribution < 1.29 is 9.66 Å². The van der Waals surface area contributed by atoms with Crippen LogP contribution < -0.4 is 4.74 Å². The highest BCUT2D eigenvalue weighted by Gasteiger charge is 2.19. The summed E-state index contributed by atoms with van der Waals surface area (Å²) >= 11 is 5.62. The molecule has 0 N–H and O–H groups in total. The van der Waals surface area contributed by atoms with Crippen LogP contribution in [-0.2, 0) is 5.88 Å². The zero-order chi connectivity index (χ0) is 13.8. The number of alkyl halides is 1. The van der Waals surface area contributed by atoms with Crippen molar-refractivity contribution in [2.45, 2.75) is 12.8 Å². The van der Waals surface area contributed by atoms with E-state index in [1.165, 1.54) is 18.5 Å². The molecule has 0 unspecified atom stereocenters. The third-order valence-corrected chi connectivity index (χ3v) is 2.73. The fourth-order valence-electron chi connectivity index (χ4n) is 1.51. The normalized spacial score (nSPS) is 10.2. The van der Waals surface area contributed by atoms with Gasteiger partial charge in [0.2, 0.25) is 5.75 Å². The second-order valence-corrected chi connectivity index (χ2v) is 4.06. The Morgan fingerprint density at radius 1 is 1.37 bits per heavy atom. The van der Waals surface area contributed by atoms with Crippen molar-refractivity contribution in [1.82, 2.24) is 9.97 Å². The number of nitro groups is 1. The quantitative estimate of drug-likeness (QED) is 0.488. The lowest BCUT2D eigenvalue weighted by atomic mass is 10.2. The van der Waals surface area contributed by atoms with Gasteiger partial charge in [-0.3, -0.25) is 10.1 Å². The molecule has 0 aliphatic rings. The summed E-state index contributed by atoms with van der Waals surface area (Å²) in [5.74, 6) is 0.411. The average Bonchev–Trinajstić information content (AvgIpc) is 2.39. The summed E-state index contributed by atoms with van der Waals surface area (Å²) < 4.78 is 5.34. The Bertz CT molecular complexity index is 602. The molecule has 7 heteroatoms. The molecular weight excluding hydrogens is 270 g/mol. The van der Waals surface area contributed by atoms with Gasteiger partial charge in [-0.05, 0) is 13.0 Å². The van der Waals surface area contributed by atoms with E-state index >= 15 is 0 Å². The lowest BCUT2D eigenvalue weighted by Gasteiger charge is -2.06. The van der Waals surface area contributed by atoms with Crippen LogP contribution in [-0.4, -0.2) is 14.9 Å². The number of nitrogens with zero attached hydrogens (tertiary/aromatic N) is 3. The molecule has 19 heavy (non-hydrogen) atoms. The van der Waals surface area contributed by atoms with Gasteiger partial charge < -0.3 is 4.74 Å². The van der Waals surface area contributed by atoms with Crippen LogP contribution in [0.5, 0.6) is 11.8 Å². The first-order valence-corrected chi connectivity index (χ1v) is 5.94. The van der Waals surface area contributed by atoms with Crippen LogP contribution in [0.4, 0.5) is 5.69 Å². The van der Waals surface area contributed by atoms with Crippen LogP contribution in [0.2, 0.25) is 0 Å². The van der Waals surface area contributed by atoms with Crippen molar-refractivity contribution in [1.29, 1.82) is 0 Å². The van der Waals surface area contributed by atoms with E-state index in [0.717, 1.165) is 5.56 Å². The number of benzene rings is 1. The van der Waals surface area contributed by atoms with E-state index in [2.05, 4.69) is 9.97 Å². The van der Waals surface area contributed by atoms with Gasteiger partial charge in [-0.2, -0.15) is 0 Å². The number of aromatic nitrogens is 2. The van der Waals surface area contributed by atoms with Gasteiger partial charge in [-0.1, -0.05) is 12.1 Å². The third-order valence-electron chi connectivity index (χ3n) is 2.42. The first-order valence-electron chi connectivity index (χ1n) is 5.40. The number of rotatable bonds is 4. The highest BCUT2D eigenvalue weighted by molar-refractivity contribution is 6.17. The van der Waals surface area contributed by atoms with Gasteiger partial charge in [0, 0.05) is 23.5 Å². The topological polar surface area (TPSA) is 78.2 Å². The molecule has 6 nitrogen and oxygen atoms in total. The van der Waals surface area contributed by atoms with Crippen molar-refractivity contribution in [3.05, 3.63) is 51.8 Å². The highest BCUT2D eigenvalue weighted by Crippen LogP contribution is 2.32. The average molecular weight is 280 g/mol. The van der Waals surface area contributed by atoms with E-state index in [4.69, 9.17) is 16.3 Å². The number of nitro benzene ring substituents is 1. The molecule has 0 fully saturated rings. The van der Waals surface area contributed by atoms with E-state index in [1.54, 1.807) is 19.1 Å². The molecule has 0 atom stereocenters. The summed E-state index contributed by atoms with van der Waals surface area (Å²) in [6.07, 6.45) is 3.02. The first-order chi connectivity index (χ1) is 9.11. The molecule has 98 valence electrons. The highest BCUT2D eigenvalue weighted by atomic mass is 35.5. The maximum atomic E-state index is 11.0. The van der Waals surface area contributed by atoms with E-state index in [0.29, 0.717) is 11.4 Å². The molecule has 0 spiro atoms. The summed E-state index contributed by atoms with van der Waals surface area (Å²) in [5, 5.41) is 11.0. The van der Waals surface area contributed by atoms with Crippen LogP contribution in [0.25, 0.3) is 0 Å². The molecule has 0 aliphatic carbocycles. The Labute approximate surface area is 114 Å². The molecule has 0 bridgehead atoms. The van der Waals surface area contributed by atoms with Gasteiger partial charge in [0.25, 0.3) is 0 Å².